The monoisotopic (exact) mass is 309 g/mol. The van der Waals surface area contributed by atoms with Gasteiger partial charge in [0.1, 0.15) is 0 Å². The number of hydrogen-bond donors (Lipinski definition) is 1. The van der Waals surface area contributed by atoms with Crippen LogP contribution in [0.15, 0.2) is 5.38 Å². The Kier molecular flexibility index (Phi) is 4.26. The average molecular weight is 309 g/mol. The Hall–Kier alpha value is -1.40. The molecule has 1 N–H and O–H groups in total. The van der Waals surface area contributed by atoms with E-state index in [9.17, 15) is 9.59 Å². The molecule has 1 atom stereocenters. The summed E-state index contributed by atoms with van der Waals surface area (Å²) >= 11 is 1.51. The Bertz CT molecular complexity index is 554. The lowest BCUT2D eigenvalue weighted by Gasteiger charge is -2.35. The Labute approximate surface area is 127 Å². The van der Waals surface area contributed by atoms with E-state index in [0.29, 0.717) is 19.8 Å². The molecule has 2 aliphatic rings. The molecule has 0 radical (unpaired) electrons. The fraction of sp³-hybridized carbons (Fsp3) is 0.600. The van der Waals surface area contributed by atoms with Crippen molar-refractivity contribution < 1.29 is 19.4 Å². The number of thiophene rings is 1. The van der Waals surface area contributed by atoms with Gasteiger partial charge in [-0.1, -0.05) is 0 Å². The highest BCUT2D eigenvalue weighted by atomic mass is 32.1. The van der Waals surface area contributed by atoms with Crippen LogP contribution in [0.2, 0.25) is 0 Å². The molecule has 5 nitrogen and oxygen atoms in total. The molecule has 0 bridgehead atoms. The minimum Gasteiger partial charge on any atom is -0.481 e. The summed E-state index contributed by atoms with van der Waals surface area (Å²) in [7, 11) is 0. The first-order chi connectivity index (χ1) is 10.2. The molecule has 6 heteroatoms. The van der Waals surface area contributed by atoms with Crippen molar-refractivity contribution in [2.24, 2.45) is 0 Å². The van der Waals surface area contributed by atoms with Crippen LogP contribution in [0.5, 0.6) is 0 Å². The minimum atomic E-state index is -0.892. The van der Waals surface area contributed by atoms with Gasteiger partial charge in [-0.2, -0.15) is 0 Å². The van der Waals surface area contributed by atoms with Crippen molar-refractivity contribution in [1.82, 2.24) is 4.90 Å². The second kappa shape index (κ2) is 6.15. The number of aryl methyl sites for hydroxylation is 1. The van der Waals surface area contributed by atoms with E-state index in [1.54, 1.807) is 4.90 Å². The van der Waals surface area contributed by atoms with E-state index in [1.165, 1.54) is 28.9 Å². The number of carbonyl (C=O) groups is 2. The Morgan fingerprint density at radius 1 is 1.38 bits per heavy atom. The van der Waals surface area contributed by atoms with Crippen LogP contribution in [0.25, 0.3) is 0 Å². The number of aliphatic carboxylic acids is 1. The zero-order chi connectivity index (χ0) is 14.8. The van der Waals surface area contributed by atoms with Gasteiger partial charge in [-0.15, -0.1) is 11.3 Å². The first kappa shape index (κ1) is 14.5. The van der Waals surface area contributed by atoms with Crippen molar-refractivity contribution >= 4 is 23.2 Å². The van der Waals surface area contributed by atoms with Gasteiger partial charge in [0.05, 0.1) is 30.6 Å². The quantitative estimate of drug-likeness (QED) is 0.926. The number of fused-ring (bicyclic) bond motifs is 1. The van der Waals surface area contributed by atoms with Gasteiger partial charge in [0.15, 0.2) is 0 Å². The molecule has 1 fully saturated rings. The maximum absolute atomic E-state index is 12.8. The molecule has 1 aliphatic carbocycles. The standard InChI is InChI=1S/C15H19NO4S/c17-13(18)7-11-8-20-6-5-16(11)15(19)14-12-4-2-1-3-10(12)9-21-14/h9,11H,1-8H2,(H,17,18). The van der Waals surface area contributed by atoms with E-state index in [4.69, 9.17) is 9.84 Å². The first-order valence-electron chi connectivity index (χ1n) is 7.36. The topological polar surface area (TPSA) is 66.8 Å². The molecule has 1 saturated heterocycles. The number of amides is 1. The summed E-state index contributed by atoms with van der Waals surface area (Å²) in [6.07, 6.45) is 4.29. The maximum atomic E-state index is 12.8. The number of morpholine rings is 1. The van der Waals surface area contributed by atoms with E-state index in [-0.39, 0.29) is 18.4 Å². The highest BCUT2D eigenvalue weighted by Gasteiger charge is 2.32. The zero-order valence-corrected chi connectivity index (χ0v) is 12.7. The lowest BCUT2D eigenvalue weighted by Crippen LogP contribution is -2.49. The van der Waals surface area contributed by atoms with E-state index >= 15 is 0 Å². The van der Waals surface area contributed by atoms with Gasteiger partial charge in [0.2, 0.25) is 0 Å². The molecule has 1 amide bonds. The minimum absolute atomic E-state index is 0.0160. The highest BCUT2D eigenvalue weighted by Crippen LogP contribution is 2.31. The molecule has 2 heterocycles. The van der Waals surface area contributed by atoms with Crippen LogP contribution < -0.4 is 0 Å². The molecular weight excluding hydrogens is 290 g/mol. The van der Waals surface area contributed by atoms with Crippen LogP contribution in [0.4, 0.5) is 0 Å². The molecule has 1 aliphatic heterocycles. The summed E-state index contributed by atoms with van der Waals surface area (Å²) in [6.45, 7) is 1.27. The smallest absolute Gasteiger partial charge is 0.305 e. The van der Waals surface area contributed by atoms with Crippen molar-refractivity contribution in [2.75, 3.05) is 19.8 Å². The zero-order valence-electron chi connectivity index (χ0n) is 11.8. The van der Waals surface area contributed by atoms with E-state index < -0.39 is 5.97 Å². The van der Waals surface area contributed by atoms with Crippen LogP contribution in [0, 0.1) is 0 Å². The Balaban J connectivity index is 1.82. The summed E-state index contributed by atoms with van der Waals surface area (Å²) in [4.78, 5) is 26.3. The fourth-order valence-electron chi connectivity index (χ4n) is 3.12. The number of carboxylic acids is 1. The van der Waals surface area contributed by atoms with Crippen molar-refractivity contribution in [1.29, 1.82) is 0 Å². The molecule has 1 unspecified atom stereocenters. The molecule has 3 rings (SSSR count). The van der Waals surface area contributed by atoms with Crippen molar-refractivity contribution in [3.05, 3.63) is 21.4 Å². The number of rotatable bonds is 3. The van der Waals surface area contributed by atoms with E-state index in [1.807, 2.05) is 0 Å². The summed E-state index contributed by atoms with van der Waals surface area (Å²) in [5.41, 5.74) is 2.49. The summed E-state index contributed by atoms with van der Waals surface area (Å²) in [5.74, 6) is -0.908. The lowest BCUT2D eigenvalue weighted by molar-refractivity contribution is -0.139. The number of ether oxygens (including phenoxy) is 1. The van der Waals surface area contributed by atoms with Gasteiger partial charge in [0, 0.05) is 6.54 Å². The van der Waals surface area contributed by atoms with Crippen LogP contribution >= 0.6 is 11.3 Å². The summed E-state index contributed by atoms with van der Waals surface area (Å²) < 4.78 is 5.34. The van der Waals surface area contributed by atoms with Gasteiger partial charge < -0.3 is 14.7 Å². The fourth-order valence-corrected chi connectivity index (χ4v) is 4.24. The predicted molar refractivity (Wildman–Crippen MR) is 78.9 cm³/mol. The van der Waals surface area contributed by atoms with Crippen LogP contribution in [-0.2, 0) is 22.4 Å². The third-order valence-corrected chi connectivity index (χ3v) is 5.26. The van der Waals surface area contributed by atoms with Gasteiger partial charge in [-0.05, 0) is 42.2 Å². The van der Waals surface area contributed by atoms with Gasteiger partial charge in [0.25, 0.3) is 5.91 Å². The number of nitrogens with zero attached hydrogens (tertiary/aromatic N) is 1. The average Bonchev–Trinajstić information content (AvgIpc) is 2.90. The van der Waals surface area contributed by atoms with Crippen LogP contribution in [0.1, 0.15) is 40.1 Å². The molecule has 114 valence electrons. The number of hydrogen-bond acceptors (Lipinski definition) is 4. The van der Waals surface area contributed by atoms with Crippen molar-refractivity contribution in [2.45, 2.75) is 38.1 Å². The third kappa shape index (κ3) is 2.96. The third-order valence-electron chi connectivity index (χ3n) is 4.20. The molecular formula is C15H19NO4S. The van der Waals surface area contributed by atoms with Gasteiger partial charge >= 0.3 is 5.97 Å². The number of carbonyl (C=O) groups excluding carboxylic acids is 1. The summed E-state index contributed by atoms with van der Waals surface area (Å²) in [6, 6.07) is -0.356. The van der Waals surface area contributed by atoms with E-state index in [2.05, 4.69) is 5.38 Å². The van der Waals surface area contributed by atoms with Crippen molar-refractivity contribution in [3.8, 4) is 0 Å². The second-order valence-corrected chi connectivity index (χ2v) is 6.48. The Morgan fingerprint density at radius 3 is 3.00 bits per heavy atom. The molecule has 1 aromatic heterocycles. The maximum Gasteiger partial charge on any atom is 0.305 e. The highest BCUT2D eigenvalue weighted by molar-refractivity contribution is 7.12. The van der Waals surface area contributed by atoms with Gasteiger partial charge in [-0.25, -0.2) is 0 Å². The molecule has 0 saturated carbocycles. The molecule has 0 aromatic carbocycles. The predicted octanol–water partition coefficient (Wildman–Crippen LogP) is 1.94. The SMILES string of the molecule is O=C(O)CC1COCCN1C(=O)c1scc2c1CCCC2. The largest absolute Gasteiger partial charge is 0.481 e. The molecule has 0 spiro atoms. The van der Waals surface area contributed by atoms with Crippen molar-refractivity contribution in [3.63, 3.8) is 0 Å². The van der Waals surface area contributed by atoms with E-state index in [0.717, 1.165) is 24.1 Å². The van der Waals surface area contributed by atoms with Gasteiger partial charge in [-0.3, -0.25) is 9.59 Å². The Morgan fingerprint density at radius 2 is 2.19 bits per heavy atom. The van der Waals surface area contributed by atoms with Crippen LogP contribution in [0.3, 0.4) is 0 Å². The number of carboxylic acid groups (broad SMARTS) is 1. The summed E-state index contributed by atoms with van der Waals surface area (Å²) in [5, 5.41) is 11.1. The van der Waals surface area contributed by atoms with Crippen LogP contribution in [-0.4, -0.2) is 47.7 Å². The normalized spacial score (nSPS) is 21.9. The lowest BCUT2D eigenvalue weighted by atomic mass is 9.93. The first-order valence-corrected chi connectivity index (χ1v) is 8.24. The molecule has 1 aromatic rings. The second-order valence-electron chi connectivity index (χ2n) is 5.60. The molecule has 21 heavy (non-hydrogen) atoms.